The van der Waals surface area contributed by atoms with E-state index in [1.165, 1.54) is 26.4 Å². The van der Waals surface area contributed by atoms with Crippen molar-refractivity contribution in [3.05, 3.63) is 71.7 Å². The summed E-state index contributed by atoms with van der Waals surface area (Å²) in [6, 6.07) is 1.08. The standard InChI is InChI=1S/C22H17F5N4O5S/c1-9-11(15-18(34)29(2)21(35)30(3)19(15)36-9)6-14(33)28-20-31(8-32)13(7-37-20)10-4-5-12(22(25,26)27)17(24)16(10)23/h4-5,7,32H,6,8H2,1-3H3. The molecule has 1 aromatic carbocycles. The van der Waals surface area contributed by atoms with Gasteiger partial charge in [0, 0.05) is 30.6 Å². The molecule has 0 saturated heterocycles. The number of hydrogen-bond acceptors (Lipinski definition) is 6. The van der Waals surface area contributed by atoms with Crippen LogP contribution in [0.2, 0.25) is 0 Å². The van der Waals surface area contributed by atoms with Crippen molar-refractivity contribution in [3.8, 4) is 11.3 Å². The van der Waals surface area contributed by atoms with Gasteiger partial charge in [-0.2, -0.15) is 18.2 Å². The van der Waals surface area contributed by atoms with Crippen molar-refractivity contribution in [2.24, 2.45) is 19.1 Å². The fourth-order valence-electron chi connectivity index (χ4n) is 3.83. The quantitative estimate of drug-likeness (QED) is 0.397. The third-order valence-corrected chi connectivity index (χ3v) is 6.60. The van der Waals surface area contributed by atoms with Crippen LogP contribution in [0.5, 0.6) is 0 Å². The number of carbonyl (C=O) groups excluding carboxylic acids is 1. The first kappa shape index (κ1) is 26.2. The van der Waals surface area contributed by atoms with Crippen LogP contribution >= 0.6 is 11.3 Å². The molecule has 0 aliphatic rings. The summed E-state index contributed by atoms with van der Waals surface area (Å²) in [5.74, 6) is -4.50. The number of aliphatic hydroxyl groups is 1. The van der Waals surface area contributed by atoms with Crippen LogP contribution < -0.4 is 16.1 Å². The van der Waals surface area contributed by atoms with Gasteiger partial charge in [-0.25, -0.2) is 13.6 Å². The molecule has 3 aromatic heterocycles. The average Bonchev–Trinajstić information content (AvgIpc) is 3.37. The highest BCUT2D eigenvalue weighted by atomic mass is 32.1. The third kappa shape index (κ3) is 4.33. The number of aromatic nitrogens is 3. The Morgan fingerprint density at radius 1 is 1.14 bits per heavy atom. The van der Waals surface area contributed by atoms with Gasteiger partial charge in [0.05, 0.1) is 17.7 Å². The van der Waals surface area contributed by atoms with E-state index in [-0.39, 0.29) is 32.9 Å². The van der Waals surface area contributed by atoms with E-state index < -0.39 is 59.2 Å². The SMILES string of the molecule is Cc1oc2c(c1CC(=O)N=c1scc(-c3ccc(C(F)(F)F)c(F)c3F)n1CO)c(=O)n(C)c(=O)n2C. The van der Waals surface area contributed by atoms with E-state index in [4.69, 9.17) is 4.42 Å². The number of halogens is 5. The molecule has 0 spiro atoms. The average molecular weight is 544 g/mol. The summed E-state index contributed by atoms with van der Waals surface area (Å²) in [4.78, 5) is 41.3. The van der Waals surface area contributed by atoms with Crippen LogP contribution in [-0.4, -0.2) is 24.7 Å². The maximum Gasteiger partial charge on any atom is 0.419 e. The van der Waals surface area contributed by atoms with Crippen LogP contribution in [0.3, 0.4) is 0 Å². The molecule has 15 heteroatoms. The van der Waals surface area contributed by atoms with Gasteiger partial charge in [0.15, 0.2) is 16.4 Å². The van der Waals surface area contributed by atoms with Crippen molar-refractivity contribution in [1.29, 1.82) is 0 Å². The molecule has 0 aliphatic heterocycles. The highest BCUT2D eigenvalue weighted by Crippen LogP contribution is 2.35. The predicted octanol–water partition coefficient (Wildman–Crippen LogP) is 2.59. The second-order valence-electron chi connectivity index (χ2n) is 7.96. The topological polar surface area (TPSA) is 112 Å². The molecule has 4 aromatic rings. The number of furan rings is 1. The fourth-order valence-corrected chi connectivity index (χ4v) is 4.74. The minimum Gasteiger partial charge on any atom is -0.444 e. The molecule has 1 amide bonds. The number of amides is 1. The molecular formula is C22H17F5N4O5S. The van der Waals surface area contributed by atoms with E-state index in [9.17, 15) is 41.4 Å². The summed E-state index contributed by atoms with van der Waals surface area (Å²) in [6.07, 6.45) is -5.55. The largest absolute Gasteiger partial charge is 0.444 e. The van der Waals surface area contributed by atoms with Crippen LogP contribution in [0.25, 0.3) is 22.4 Å². The van der Waals surface area contributed by atoms with E-state index in [0.29, 0.717) is 12.1 Å². The number of thiazole rings is 1. The molecule has 0 radical (unpaired) electrons. The van der Waals surface area contributed by atoms with Crippen LogP contribution in [0.4, 0.5) is 22.0 Å². The van der Waals surface area contributed by atoms with E-state index in [2.05, 4.69) is 4.99 Å². The van der Waals surface area contributed by atoms with Crippen LogP contribution in [0, 0.1) is 18.6 Å². The van der Waals surface area contributed by atoms with Crippen molar-refractivity contribution in [2.45, 2.75) is 26.3 Å². The summed E-state index contributed by atoms with van der Waals surface area (Å²) >= 11 is 0.748. The molecule has 37 heavy (non-hydrogen) atoms. The molecule has 0 saturated carbocycles. The maximum atomic E-state index is 14.5. The Bertz CT molecular complexity index is 1760. The number of nitrogens with zero attached hydrogens (tertiary/aromatic N) is 4. The minimum absolute atomic E-state index is 0.00912. The molecule has 9 nitrogen and oxygen atoms in total. The van der Waals surface area contributed by atoms with Gasteiger partial charge >= 0.3 is 11.9 Å². The Labute approximate surface area is 207 Å². The number of hydrogen-bond donors (Lipinski definition) is 1. The monoisotopic (exact) mass is 544 g/mol. The number of aryl methyl sites for hydroxylation is 2. The van der Waals surface area contributed by atoms with Gasteiger partial charge < -0.3 is 9.52 Å². The van der Waals surface area contributed by atoms with E-state index in [1.54, 1.807) is 0 Å². The Morgan fingerprint density at radius 3 is 2.43 bits per heavy atom. The molecule has 0 unspecified atom stereocenters. The van der Waals surface area contributed by atoms with Gasteiger partial charge in [-0.15, -0.1) is 11.3 Å². The molecule has 0 fully saturated rings. The first-order valence-electron chi connectivity index (χ1n) is 10.4. The van der Waals surface area contributed by atoms with Crippen molar-refractivity contribution in [3.63, 3.8) is 0 Å². The first-order chi connectivity index (χ1) is 17.3. The van der Waals surface area contributed by atoms with Crippen LogP contribution in [0.1, 0.15) is 16.9 Å². The smallest absolute Gasteiger partial charge is 0.419 e. The third-order valence-electron chi connectivity index (χ3n) is 5.74. The lowest BCUT2D eigenvalue weighted by molar-refractivity contribution is -0.140. The van der Waals surface area contributed by atoms with Crippen molar-refractivity contribution in [2.75, 3.05) is 0 Å². The molecule has 0 bridgehead atoms. The molecule has 196 valence electrons. The van der Waals surface area contributed by atoms with Crippen LogP contribution in [-0.2, 0) is 38.2 Å². The molecule has 4 rings (SSSR count). The van der Waals surface area contributed by atoms with Gasteiger partial charge in [0.1, 0.15) is 17.9 Å². The molecule has 0 aliphatic carbocycles. The number of fused-ring (bicyclic) bond motifs is 1. The zero-order valence-electron chi connectivity index (χ0n) is 19.3. The van der Waals surface area contributed by atoms with E-state index in [0.717, 1.165) is 25.0 Å². The second-order valence-corrected chi connectivity index (χ2v) is 8.80. The summed E-state index contributed by atoms with van der Waals surface area (Å²) in [5.41, 5.74) is -3.73. The predicted molar refractivity (Wildman–Crippen MR) is 121 cm³/mol. The highest BCUT2D eigenvalue weighted by Gasteiger charge is 2.36. The maximum absolute atomic E-state index is 14.5. The Morgan fingerprint density at radius 2 is 1.81 bits per heavy atom. The van der Waals surface area contributed by atoms with E-state index in [1.807, 2.05) is 0 Å². The number of benzene rings is 1. The van der Waals surface area contributed by atoms with Gasteiger partial charge in [-0.3, -0.25) is 23.3 Å². The lowest BCUT2D eigenvalue weighted by Gasteiger charge is -2.12. The Kier molecular flexibility index (Phi) is 6.54. The number of rotatable bonds is 4. The summed E-state index contributed by atoms with van der Waals surface area (Å²) < 4.78 is 75.6. The highest BCUT2D eigenvalue weighted by molar-refractivity contribution is 7.07. The van der Waals surface area contributed by atoms with Gasteiger partial charge in [-0.05, 0) is 19.1 Å². The van der Waals surface area contributed by atoms with E-state index >= 15 is 0 Å². The molecule has 0 atom stereocenters. The van der Waals surface area contributed by atoms with Gasteiger partial charge in [0.25, 0.3) is 11.5 Å². The Balaban J connectivity index is 1.77. The van der Waals surface area contributed by atoms with Crippen LogP contribution in [0.15, 0.2) is 36.5 Å². The molecular weight excluding hydrogens is 527 g/mol. The summed E-state index contributed by atoms with van der Waals surface area (Å²) in [7, 11) is 2.66. The fraction of sp³-hybridized carbons (Fsp3) is 0.273. The molecule has 3 heterocycles. The van der Waals surface area contributed by atoms with Crippen molar-refractivity contribution >= 4 is 28.3 Å². The zero-order valence-corrected chi connectivity index (χ0v) is 20.1. The summed E-state index contributed by atoms with van der Waals surface area (Å²) in [6.45, 7) is 0.634. The molecule has 1 N–H and O–H groups in total. The number of alkyl halides is 3. The lowest BCUT2D eigenvalue weighted by Crippen LogP contribution is -2.36. The minimum atomic E-state index is -5.11. The normalized spacial score (nSPS) is 12.6. The number of aliphatic hydroxyl groups excluding tert-OH is 1. The van der Waals surface area contributed by atoms with Gasteiger partial charge in [0.2, 0.25) is 5.71 Å². The number of carbonyl (C=O) groups is 1. The van der Waals surface area contributed by atoms with Gasteiger partial charge in [-0.1, -0.05) is 0 Å². The Hall–Kier alpha value is -3.85. The second kappa shape index (κ2) is 9.23. The summed E-state index contributed by atoms with van der Waals surface area (Å²) in [5, 5.41) is 11.0. The first-order valence-corrected chi connectivity index (χ1v) is 11.3. The van der Waals surface area contributed by atoms with Crippen molar-refractivity contribution < 1.29 is 36.3 Å². The lowest BCUT2D eigenvalue weighted by atomic mass is 10.1. The van der Waals surface area contributed by atoms with Crippen molar-refractivity contribution in [1.82, 2.24) is 13.7 Å². The zero-order chi connectivity index (χ0) is 27.4.